The molecule has 0 aliphatic carbocycles. The zero-order chi connectivity index (χ0) is 10.8. The normalized spacial score (nSPS) is 10.5. The molecule has 16 heavy (non-hydrogen) atoms. The fourth-order valence-electron chi connectivity index (χ4n) is 1.53. The third-order valence-corrected chi connectivity index (χ3v) is 2.29. The molecule has 1 radical (unpaired) electrons. The highest BCUT2D eigenvalue weighted by molar-refractivity contribution is 5.52. The van der Waals surface area contributed by atoms with E-state index in [-0.39, 0.29) is 0 Å². The fraction of sp³-hybridized carbons (Fsp3) is 0. The second-order valence-electron chi connectivity index (χ2n) is 3.36. The third-order valence-electron chi connectivity index (χ3n) is 2.29. The third kappa shape index (κ3) is 1.52. The van der Waals surface area contributed by atoms with Crippen molar-refractivity contribution in [1.29, 1.82) is 0 Å². The maximum atomic E-state index is 5.68. The Morgan fingerprint density at radius 1 is 1.12 bits per heavy atom. The Balaban J connectivity index is 2.00. The molecule has 0 aromatic carbocycles. The van der Waals surface area contributed by atoms with E-state index in [1.54, 1.807) is 6.20 Å². The SMILES string of the molecule is [c]1cccnc1-c1ccc(-n2cccc2)o1. The summed E-state index contributed by atoms with van der Waals surface area (Å²) in [5.74, 6) is 1.50. The summed E-state index contributed by atoms with van der Waals surface area (Å²) >= 11 is 0. The summed E-state index contributed by atoms with van der Waals surface area (Å²) in [6.07, 6.45) is 5.60. The predicted octanol–water partition coefficient (Wildman–Crippen LogP) is 2.93. The van der Waals surface area contributed by atoms with Gasteiger partial charge >= 0.3 is 0 Å². The number of rotatable bonds is 2. The molecule has 0 amide bonds. The van der Waals surface area contributed by atoms with Crippen molar-refractivity contribution in [3.05, 3.63) is 61.1 Å². The Labute approximate surface area is 93.0 Å². The highest BCUT2D eigenvalue weighted by Crippen LogP contribution is 2.21. The number of hydrogen-bond donors (Lipinski definition) is 0. The summed E-state index contributed by atoms with van der Waals surface area (Å²) in [4.78, 5) is 4.19. The average Bonchev–Trinajstić information content (AvgIpc) is 3.01. The Bertz CT molecular complexity index is 567. The van der Waals surface area contributed by atoms with Crippen LogP contribution in [0.2, 0.25) is 0 Å². The molecule has 0 fully saturated rings. The van der Waals surface area contributed by atoms with E-state index in [2.05, 4.69) is 11.1 Å². The van der Waals surface area contributed by atoms with Crippen molar-refractivity contribution >= 4 is 0 Å². The van der Waals surface area contributed by atoms with Crippen molar-refractivity contribution in [3.63, 3.8) is 0 Å². The summed E-state index contributed by atoms with van der Waals surface area (Å²) < 4.78 is 7.59. The molecule has 0 N–H and O–H groups in total. The van der Waals surface area contributed by atoms with Gasteiger partial charge in [-0.15, -0.1) is 0 Å². The molecular weight excluding hydrogens is 200 g/mol. The standard InChI is InChI=1S/C13H9N2O/c1-2-8-14-11(5-1)12-6-7-13(16-12)15-9-3-4-10-15/h1-4,6-10H. The molecule has 0 saturated carbocycles. The van der Waals surface area contributed by atoms with Crippen LogP contribution in [0.5, 0.6) is 0 Å². The second kappa shape index (κ2) is 3.70. The highest BCUT2D eigenvalue weighted by atomic mass is 16.4. The van der Waals surface area contributed by atoms with E-state index in [4.69, 9.17) is 4.42 Å². The molecule has 0 aliphatic rings. The van der Waals surface area contributed by atoms with Crippen molar-refractivity contribution in [1.82, 2.24) is 9.55 Å². The lowest BCUT2D eigenvalue weighted by atomic mass is 10.3. The van der Waals surface area contributed by atoms with E-state index in [1.807, 2.05) is 53.4 Å². The quantitative estimate of drug-likeness (QED) is 0.649. The monoisotopic (exact) mass is 209 g/mol. The van der Waals surface area contributed by atoms with Crippen molar-refractivity contribution in [2.75, 3.05) is 0 Å². The smallest absolute Gasteiger partial charge is 0.204 e. The molecule has 77 valence electrons. The molecule has 0 spiro atoms. The minimum atomic E-state index is 0.723. The molecular formula is C13H9N2O. The largest absolute Gasteiger partial charge is 0.438 e. The number of furan rings is 1. The lowest BCUT2D eigenvalue weighted by Gasteiger charge is -1.96. The van der Waals surface area contributed by atoms with Gasteiger partial charge in [0.2, 0.25) is 5.88 Å². The van der Waals surface area contributed by atoms with Gasteiger partial charge in [-0.2, -0.15) is 0 Å². The van der Waals surface area contributed by atoms with E-state index in [0.717, 1.165) is 17.3 Å². The molecule has 3 aromatic rings. The zero-order valence-electron chi connectivity index (χ0n) is 8.50. The van der Waals surface area contributed by atoms with Crippen LogP contribution in [0.25, 0.3) is 17.3 Å². The van der Waals surface area contributed by atoms with Crippen LogP contribution in [0.4, 0.5) is 0 Å². The Morgan fingerprint density at radius 3 is 2.75 bits per heavy atom. The topological polar surface area (TPSA) is 31.0 Å². The van der Waals surface area contributed by atoms with Gasteiger partial charge in [0.15, 0.2) is 5.76 Å². The van der Waals surface area contributed by atoms with Gasteiger partial charge in [-0.3, -0.25) is 9.55 Å². The van der Waals surface area contributed by atoms with Crippen LogP contribution in [0.15, 0.2) is 59.4 Å². The fourth-order valence-corrected chi connectivity index (χ4v) is 1.53. The minimum Gasteiger partial charge on any atom is -0.438 e. The van der Waals surface area contributed by atoms with Crippen LogP contribution in [-0.2, 0) is 0 Å². The number of aromatic nitrogens is 2. The van der Waals surface area contributed by atoms with Crippen molar-refractivity contribution in [3.8, 4) is 17.3 Å². The Hall–Kier alpha value is -2.29. The Kier molecular flexibility index (Phi) is 2.07. The first-order valence-corrected chi connectivity index (χ1v) is 5.00. The summed E-state index contributed by atoms with van der Waals surface area (Å²) in [6.45, 7) is 0. The first-order chi connectivity index (χ1) is 7.93. The zero-order valence-corrected chi connectivity index (χ0v) is 8.50. The van der Waals surface area contributed by atoms with E-state index in [9.17, 15) is 0 Å². The molecule has 0 unspecified atom stereocenters. The van der Waals surface area contributed by atoms with Crippen LogP contribution >= 0.6 is 0 Å². The van der Waals surface area contributed by atoms with Crippen molar-refractivity contribution in [2.45, 2.75) is 0 Å². The van der Waals surface area contributed by atoms with Crippen molar-refractivity contribution < 1.29 is 4.42 Å². The second-order valence-corrected chi connectivity index (χ2v) is 3.36. The molecule has 0 aliphatic heterocycles. The molecule has 3 heteroatoms. The highest BCUT2D eigenvalue weighted by Gasteiger charge is 2.05. The van der Waals surface area contributed by atoms with Gasteiger partial charge in [0.05, 0.1) is 0 Å². The summed E-state index contributed by atoms with van der Waals surface area (Å²) in [7, 11) is 0. The number of hydrogen-bond acceptors (Lipinski definition) is 2. The lowest BCUT2D eigenvalue weighted by Crippen LogP contribution is -1.84. The maximum Gasteiger partial charge on any atom is 0.204 e. The van der Waals surface area contributed by atoms with Gasteiger partial charge in [0, 0.05) is 30.7 Å². The van der Waals surface area contributed by atoms with Gasteiger partial charge in [0.25, 0.3) is 0 Å². The summed E-state index contributed by atoms with van der Waals surface area (Å²) in [5.41, 5.74) is 0.723. The van der Waals surface area contributed by atoms with Crippen LogP contribution in [0.3, 0.4) is 0 Å². The van der Waals surface area contributed by atoms with Crippen molar-refractivity contribution in [2.24, 2.45) is 0 Å². The van der Waals surface area contributed by atoms with Gasteiger partial charge < -0.3 is 4.42 Å². The number of nitrogens with zero attached hydrogens (tertiary/aromatic N) is 2. The van der Waals surface area contributed by atoms with Gasteiger partial charge in [-0.05, 0) is 24.3 Å². The van der Waals surface area contributed by atoms with E-state index in [1.165, 1.54) is 0 Å². The Morgan fingerprint density at radius 2 is 2.00 bits per heavy atom. The molecule has 3 aromatic heterocycles. The summed E-state index contributed by atoms with van der Waals surface area (Å²) in [6, 6.07) is 14.4. The molecule has 0 saturated heterocycles. The van der Waals surface area contributed by atoms with E-state index < -0.39 is 0 Å². The van der Waals surface area contributed by atoms with Crippen LogP contribution < -0.4 is 0 Å². The lowest BCUT2D eigenvalue weighted by molar-refractivity contribution is 0.550. The van der Waals surface area contributed by atoms with Crippen LogP contribution in [0, 0.1) is 6.07 Å². The molecule has 0 bridgehead atoms. The predicted molar refractivity (Wildman–Crippen MR) is 60.1 cm³/mol. The van der Waals surface area contributed by atoms with Gasteiger partial charge in [-0.1, -0.05) is 6.07 Å². The van der Waals surface area contributed by atoms with Crippen LogP contribution in [0.1, 0.15) is 0 Å². The van der Waals surface area contributed by atoms with E-state index in [0.29, 0.717) is 0 Å². The molecule has 3 nitrogen and oxygen atoms in total. The maximum absolute atomic E-state index is 5.68. The molecule has 3 heterocycles. The number of pyridine rings is 1. The first kappa shape index (κ1) is 8.97. The average molecular weight is 209 g/mol. The van der Waals surface area contributed by atoms with E-state index >= 15 is 0 Å². The van der Waals surface area contributed by atoms with Gasteiger partial charge in [-0.25, -0.2) is 0 Å². The van der Waals surface area contributed by atoms with Gasteiger partial charge in [0.1, 0.15) is 5.69 Å². The minimum absolute atomic E-state index is 0.723. The molecule has 0 atom stereocenters. The summed E-state index contributed by atoms with van der Waals surface area (Å²) in [5, 5.41) is 0. The first-order valence-electron chi connectivity index (χ1n) is 5.00. The van der Waals surface area contributed by atoms with Crippen LogP contribution in [-0.4, -0.2) is 9.55 Å². The molecule has 3 rings (SSSR count).